The van der Waals surface area contributed by atoms with Gasteiger partial charge in [0, 0.05) is 0 Å². The van der Waals surface area contributed by atoms with Gasteiger partial charge in [-0.05, 0) is 17.4 Å². The zero-order valence-electron chi connectivity index (χ0n) is 9.57. The lowest BCUT2D eigenvalue weighted by atomic mass is 10.1. The van der Waals surface area contributed by atoms with Crippen molar-refractivity contribution in [3.63, 3.8) is 0 Å². The summed E-state index contributed by atoms with van der Waals surface area (Å²) in [5.74, 6) is -4.70. The number of halogens is 2. The number of alkyl halides is 1. The minimum absolute atomic E-state index is 0.503. The fourth-order valence-electron chi connectivity index (χ4n) is 1.89. The van der Waals surface area contributed by atoms with Crippen molar-refractivity contribution in [1.29, 1.82) is 0 Å². The van der Waals surface area contributed by atoms with E-state index < -0.39 is 48.3 Å². The van der Waals surface area contributed by atoms with Crippen molar-refractivity contribution in [2.45, 2.75) is 13.8 Å². The molecular weight excluding hydrogens is 234 g/mol. The van der Waals surface area contributed by atoms with E-state index in [0.29, 0.717) is 0 Å². The molecule has 2 unspecified atom stereocenters. The van der Waals surface area contributed by atoms with Gasteiger partial charge in [-0.15, -0.1) is 0 Å². The Morgan fingerprint density at radius 1 is 1.47 bits per heavy atom. The van der Waals surface area contributed by atoms with Crippen molar-refractivity contribution in [1.82, 2.24) is 0 Å². The van der Waals surface area contributed by atoms with Crippen molar-refractivity contribution >= 4 is 11.9 Å². The molecule has 17 heavy (non-hydrogen) atoms. The molecule has 0 amide bonds. The SMILES string of the molecule is CC1(C)C(/C=C(\F)C(=O)OCCF)C1C(=O)O. The molecule has 0 aromatic carbocycles. The third-order valence-electron chi connectivity index (χ3n) is 3.01. The van der Waals surface area contributed by atoms with Crippen LogP contribution in [0.25, 0.3) is 0 Å². The van der Waals surface area contributed by atoms with Gasteiger partial charge in [0.25, 0.3) is 0 Å². The summed E-state index contributed by atoms with van der Waals surface area (Å²) >= 11 is 0. The number of esters is 1. The van der Waals surface area contributed by atoms with E-state index in [0.717, 1.165) is 6.08 Å². The predicted octanol–water partition coefficient (Wildman–Crippen LogP) is 1.71. The summed E-state index contributed by atoms with van der Waals surface area (Å²) in [5, 5.41) is 8.83. The minimum atomic E-state index is -1.26. The van der Waals surface area contributed by atoms with Crippen LogP contribution in [0, 0.1) is 17.3 Å². The molecule has 96 valence electrons. The van der Waals surface area contributed by atoms with E-state index in [1.165, 1.54) is 0 Å². The monoisotopic (exact) mass is 248 g/mol. The highest BCUT2D eigenvalue weighted by Crippen LogP contribution is 2.59. The van der Waals surface area contributed by atoms with E-state index in [-0.39, 0.29) is 0 Å². The number of carboxylic acid groups (broad SMARTS) is 1. The Morgan fingerprint density at radius 3 is 2.47 bits per heavy atom. The summed E-state index contributed by atoms with van der Waals surface area (Å²) < 4.78 is 29.2. The van der Waals surface area contributed by atoms with Gasteiger partial charge in [-0.3, -0.25) is 4.79 Å². The third kappa shape index (κ3) is 2.81. The Labute approximate surface area is 97.3 Å². The largest absolute Gasteiger partial charge is 0.481 e. The summed E-state index contributed by atoms with van der Waals surface area (Å²) in [7, 11) is 0. The quantitative estimate of drug-likeness (QED) is 0.594. The summed E-state index contributed by atoms with van der Waals surface area (Å²) in [4.78, 5) is 21.8. The predicted molar refractivity (Wildman–Crippen MR) is 54.5 cm³/mol. The number of carboxylic acids is 1. The first kappa shape index (κ1) is 13.6. The second-order valence-electron chi connectivity index (χ2n) is 4.50. The van der Waals surface area contributed by atoms with Crippen LogP contribution in [0.3, 0.4) is 0 Å². The number of hydrogen-bond acceptors (Lipinski definition) is 3. The lowest BCUT2D eigenvalue weighted by Gasteiger charge is -2.00. The van der Waals surface area contributed by atoms with Gasteiger partial charge in [-0.2, -0.15) is 4.39 Å². The molecule has 0 spiro atoms. The number of allylic oxidation sites excluding steroid dienone is 1. The van der Waals surface area contributed by atoms with Gasteiger partial charge in [-0.25, -0.2) is 9.18 Å². The Bertz CT molecular complexity index is 362. The van der Waals surface area contributed by atoms with Gasteiger partial charge in [0.05, 0.1) is 5.92 Å². The van der Waals surface area contributed by atoms with Crippen LogP contribution in [-0.4, -0.2) is 30.3 Å². The molecule has 4 nitrogen and oxygen atoms in total. The van der Waals surface area contributed by atoms with Gasteiger partial charge >= 0.3 is 11.9 Å². The summed E-state index contributed by atoms with van der Waals surface area (Å²) in [5.41, 5.74) is -0.580. The third-order valence-corrected chi connectivity index (χ3v) is 3.01. The lowest BCUT2D eigenvalue weighted by molar-refractivity contribution is -0.141. The van der Waals surface area contributed by atoms with Crippen LogP contribution < -0.4 is 0 Å². The molecule has 6 heteroatoms. The zero-order valence-corrected chi connectivity index (χ0v) is 9.57. The summed E-state index contributed by atoms with van der Waals surface area (Å²) in [6, 6.07) is 0. The highest BCUT2D eigenvalue weighted by molar-refractivity contribution is 5.86. The van der Waals surface area contributed by atoms with E-state index in [2.05, 4.69) is 4.74 Å². The lowest BCUT2D eigenvalue weighted by Crippen LogP contribution is -2.08. The number of rotatable bonds is 5. The van der Waals surface area contributed by atoms with Gasteiger partial charge in [0.2, 0.25) is 5.83 Å². The second-order valence-corrected chi connectivity index (χ2v) is 4.50. The van der Waals surface area contributed by atoms with E-state index >= 15 is 0 Å². The molecule has 2 atom stereocenters. The van der Waals surface area contributed by atoms with Crippen LogP contribution in [0.2, 0.25) is 0 Å². The molecule has 0 aliphatic heterocycles. The number of hydrogen-bond donors (Lipinski definition) is 1. The topological polar surface area (TPSA) is 63.6 Å². The first-order chi connectivity index (χ1) is 7.82. The fraction of sp³-hybridized carbons (Fsp3) is 0.636. The average Bonchev–Trinajstić information content (AvgIpc) is 2.76. The van der Waals surface area contributed by atoms with Gasteiger partial charge in [-0.1, -0.05) is 13.8 Å². The minimum Gasteiger partial charge on any atom is -0.481 e. The number of ether oxygens (including phenoxy) is 1. The molecule has 0 saturated heterocycles. The molecular formula is C11H14F2O4. The summed E-state index contributed by atoms with van der Waals surface area (Å²) in [6.07, 6.45) is 0.944. The van der Waals surface area contributed by atoms with Crippen LogP contribution >= 0.6 is 0 Å². The maximum absolute atomic E-state index is 13.3. The van der Waals surface area contributed by atoms with E-state index in [1.54, 1.807) is 13.8 Å². The van der Waals surface area contributed by atoms with Crippen LogP contribution in [-0.2, 0) is 14.3 Å². The molecule has 0 bridgehead atoms. The van der Waals surface area contributed by atoms with Crippen LogP contribution in [0.5, 0.6) is 0 Å². The first-order valence-corrected chi connectivity index (χ1v) is 5.15. The molecule has 0 radical (unpaired) electrons. The van der Waals surface area contributed by atoms with Gasteiger partial charge in [0.15, 0.2) is 0 Å². The van der Waals surface area contributed by atoms with Crippen molar-refractivity contribution in [3.05, 3.63) is 11.9 Å². The highest BCUT2D eigenvalue weighted by Gasteiger charge is 2.61. The van der Waals surface area contributed by atoms with Gasteiger partial charge < -0.3 is 9.84 Å². The van der Waals surface area contributed by atoms with Crippen molar-refractivity contribution < 1.29 is 28.2 Å². The Hall–Kier alpha value is -1.46. The Morgan fingerprint density at radius 2 is 2.06 bits per heavy atom. The van der Waals surface area contributed by atoms with Gasteiger partial charge in [0.1, 0.15) is 13.3 Å². The number of aliphatic carboxylic acids is 1. The molecule has 1 aliphatic rings. The molecule has 1 aliphatic carbocycles. The molecule has 0 heterocycles. The van der Waals surface area contributed by atoms with Crippen molar-refractivity contribution in [2.24, 2.45) is 17.3 Å². The average molecular weight is 248 g/mol. The molecule has 1 N–H and O–H groups in total. The first-order valence-electron chi connectivity index (χ1n) is 5.15. The molecule has 1 saturated carbocycles. The molecule has 0 aromatic rings. The Balaban J connectivity index is 2.65. The van der Waals surface area contributed by atoms with Crippen LogP contribution in [0.1, 0.15) is 13.8 Å². The number of carbonyl (C=O) groups is 2. The molecule has 0 aromatic heterocycles. The maximum atomic E-state index is 13.3. The second kappa shape index (κ2) is 4.81. The highest BCUT2D eigenvalue weighted by atomic mass is 19.1. The number of carbonyl (C=O) groups excluding carboxylic acids is 1. The fourth-order valence-corrected chi connectivity index (χ4v) is 1.89. The molecule has 1 rings (SSSR count). The normalized spacial score (nSPS) is 26.5. The zero-order chi connectivity index (χ0) is 13.2. The van der Waals surface area contributed by atoms with E-state index in [1.807, 2.05) is 0 Å². The maximum Gasteiger partial charge on any atom is 0.366 e. The van der Waals surface area contributed by atoms with Crippen molar-refractivity contribution in [3.8, 4) is 0 Å². The smallest absolute Gasteiger partial charge is 0.366 e. The van der Waals surface area contributed by atoms with Crippen molar-refractivity contribution in [2.75, 3.05) is 13.3 Å². The van der Waals surface area contributed by atoms with E-state index in [9.17, 15) is 18.4 Å². The summed E-state index contributed by atoms with van der Waals surface area (Å²) in [6.45, 7) is 1.96. The standard InChI is InChI=1S/C11H14F2O4/c1-11(2)6(8(11)9(14)15)5-7(13)10(16)17-4-3-12/h5-6,8H,3-4H2,1-2H3,(H,14,15)/b7-5-. The Kier molecular flexibility index (Phi) is 3.85. The van der Waals surface area contributed by atoms with Crippen LogP contribution in [0.4, 0.5) is 8.78 Å². The molecule has 1 fully saturated rings. The van der Waals surface area contributed by atoms with Crippen LogP contribution in [0.15, 0.2) is 11.9 Å². The van der Waals surface area contributed by atoms with E-state index in [4.69, 9.17) is 5.11 Å².